The fraction of sp³-hybridized carbons (Fsp3) is 0.333. The van der Waals surface area contributed by atoms with Gasteiger partial charge in [-0.1, -0.05) is 0 Å². The third-order valence-corrected chi connectivity index (χ3v) is 4.16. The van der Waals surface area contributed by atoms with Crippen molar-refractivity contribution in [1.29, 1.82) is 0 Å². The molecule has 0 saturated heterocycles. The Morgan fingerprint density at radius 3 is 2.28 bits per heavy atom. The smallest absolute Gasteiger partial charge is 0.416 e. The maximum Gasteiger partial charge on any atom is 0.416 e. The fourth-order valence-electron chi connectivity index (χ4n) is 2.62. The number of halogens is 3. The van der Waals surface area contributed by atoms with E-state index in [1.54, 1.807) is 43.3 Å². The third kappa shape index (κ3) is 6.51. The lowest BCUT2D eigenvalue weighted by atomic mass is 10.1. The second-order valence-electron chi connectivity index (χ2n) is 6.70. The molecular formula is C21H23F3N2O3. The van der Waals surface area contributed by atoms with Gasteiger partial charge in [0, 0.05) is 26.1 Å². The molecule has 0 aliphatic carbocycles. The number of ether oxygens (including phenoxy) is 1. The number of ketones is 1. The van der Waals surface area contributed by atoms with Gasteiger partial charge in [0.2, 0.25) is 5.91 Å². The summed E-state index contributed by atoms with van der Waals surface area (Å²) in [6.07, 6.45) is -4.01. The van der Waals surface area contributed by atoms with Crippen LogP contribution in [0.4, 0.5) is 24.5 Å². The second kappa shape index (κ2) is 9.45. The normalized spacial score (nSPS) is 11.1. The van der Waals surface area contributed by atoms with Crippen LogP contribution in [0, 0.1) is 0 Å². The summed E-state index contributed by atoms with van der Waals surface area (Å²) < 4.78 is 44.4. The second-order valence-corrected chi connectivity index (χ2v) is 6.70. The van der Waals surface area contributed by atoms with Gasteiger partial charge in [-0.2, -0.15) is 13.2 Å². The number of alkyl halides is 3. The molecule has 0 fully saturated rings. The van der Waals surface area contributed by atoms with Crippen molar-refractivity contribution >= 4 is 23.1 Å². The lowest BCUT2D eigenvalue weighted by Gasteiger charge is -2.20. The van der Waals surface area contributed by atoms with Crippen molar-refractivity contribution in [2.45, 2.75) is 25.9 Å². The Bertz CT molecular complexity index is 862. The number of amides is 1. The minimum Gasteiger partial charge on any atom is -0.494 e. The Kier molecular flexibility index (Phi) is 7.25. The summed E-state index contributed by atoms with van der Waals surface area (Å²) in [6, 6.07) is 9.88. The number of anilines is 2. The van der Waals surface area contributed by atoms with Crippen LogP contribution in [0.2, 0.25) is 0 Å². The number of benzene rings is 2. The van der Waals surface area contributed by atoms with Crippen LogP contribution >= 0.6 is 0 Å². The number of Topliss-reactive ketones (excluding diaryl/α,β-unsaturated/α-hetero) is 1. The molecule has 8 heteroatoms. The average Bonchev–Trinajstić information content (AvgIpc) is 2.64. The summed E-state index contributed by atoms with van der Waals surface area (Å²) >= 11 is 0. The van der Waals surface area contributed by atoms with Crippen molar-refractivity contribution in [3.8, 4) is 5.75 Å². The highest BCUT2D eigenvalue weighted by Gasteiger charge is 2.31. The van der Waals surface area contributed by atoms with Gasteiger partial charge in [0.25, 0.3) is 0 Å². The highest BCUT2D eigenvalue weighted by atomic mass is 19.4. The van der Waals surface area contributed by atoms with Crippen molar-refractivity contribution < 1.29 is 27.5 Å². The standard InChI is InChI=1S/C21H23F3N2O3/c1-14(27)15-6-9-17(10-7-15)29-12-4-5-20(28)25-18-13-16(21(22,23)24)8-11-19(18)26(2)3/h6-11,13H,4-5,12H2,1-3H3,(H,25,28). The van der Waals surface area contributed by atoms with Crippen LogP contribution in [0.3, 0.4) is 0 Å². The Morgan fingerprint density at radius 2 is 1.72 bits per heavy atom. The van der Waals surface area contributed by atoms with E-state index in [0.717, 1.165) is 12.1 Å². The van der Waals surface area contributed by atoms with E-state index < -0.39 is 17.6 Å². The first-order valence-corrected chi connectivity index (χ1v) is 9.00. The van der Waals surface area contributed by atoms with Crippen molar-refractivity contribution in [3.63, 3.8) is 0 Å². The summed E-state index contributed by atoms with van der Waals surface area (Å²) in [5, 5.41) is 2.55. The first-order chi connectivity index (χ1) is 13.6. The van der Waals surface area contributed by atoms with Gasteiger partial charge in [-0.15, -0.1) is 0 Å². The van der Waals surface area contributed by atoms with E-state index in [2.05, 4.69) is 5.32 Å². The maximum absolute atomic E-state index is 13.0. The molecule has 2 aromatic rings. The summed E-state index contributed by atoms with van der Waals surface area (Å²) in [5.74, 6) is 0.131. The number of hydrogen-bond acceptors (Lipinski definition) is 4. The Balaban J connectivity index is 1.91. The predicted octanol–water partition coefficient (Wildman–Crippen LogP) is 4.77. The molecule has 156 valence electrons. The van der Waals surface area contributed by atoms with E-state index in [0.29, 0.717) is 23.4 Å². The summed E-state index contributed by atoms with van der Waals surface area (Å²) in [7, 11) is 3.37. The largest absolute Gasteiger partial charge is 0.494 e. The van der Waals surface area contributed by atoms with Crippen LogP contribution in [0.5, 0.6) is 5.75 Å². The molecule has 2 aromatic carbocycles. The van der Waals surface area contributed by atoms with Crippen molar-refractivity contribution in [1.82, 2.24) is 0 Å². The van der Waals surface area contributed by atoms with Gasteiger partial charge in [-0.25, -0.2) is 0 Å². The number of nitrogens with one attached hydrogen (secondary N) is 1. The third-order valence-electron chi connectivity index (χ3n) is 4.16. The van der Waals surface area contributed by atoms with E-state index in [-0.39, 0.29) is 24.5 Å². The highest BCUT2D eigenvalue weighted by molar-refractivity contribution is 5.95. The van der Waals surface area contributed by atoms with Gasteiger partial charge in [0.1, 0.15) is 5.75 Å². The molecule has 29 heavy (non-hydrogen) atoms. The number of nitrogens with zero attached hydrogens (tertiary/aromatic N) is 1. The highest BCUT2D eigenvalue weighted by Crippen LogP contribution is 2.35. The van der Waals surface area contributed by atoms with Crippen LogP contribution in [-0.2, 0) is 11.0 Å². The van der Waals surface area contributed by atoms with Crippen LogP contribution < -0.4 is 15.0 Å². The molecule has 0 atom stereocenters. The molecule has 0 bridgehead atoms. The molecule has 2 rings (SSSR count). The van der Waals surface area contributed by atoms with Crippen molar-refractivity contribution in [2.75, 3.05) is 30.9 Å². The molecular weight excluding hydrogens is 385 g/mol. The lowest BCUT2D eigenvalue weighted by Crippen LogP contribution is -2.18. The van der Waals surface area contributed by atoms with Crippen LogP contribution in [0.15, 0.2) is 42.5 Å². The maximum atomic E-state index is 13.0. The molecule has 0 aliphatic heterocycles. The Labute approximate surface area is 167 Å². The van der Waals surface area contributed by atoms with E-state index >= 15 is 0 Å². The van der Waals surface area contributed by atoms with E-state index in [4.69, 9.17) is 4.74 Å². The van der Waals surface area contributed by atoms with Crippen molar-refractivity contribution in [2.24, 2.45) is 0 Å². The van der Waals surface area contributed by atoms with Crippen LogP contribution in [0.1, 0.15) is 35.7 Å². The van der Waals surface area contributed by atoms with E-state index in [1.807, 2.05) is 0 Å². The number of carbonyl (C=O) groups is 2. The van der Waals surface area contributed by atoms with Gasteiger partial charge in [0.15, 0.2) is 5.78 Å². The van der Waals surface area contributed by atoms with E-state index in [9.17, 15) is 22.8 Å². The zero-order valence-electron chi connectivity index (χ0n) is 16.5. The number of rotatable bonds is 8. The van der Waals surface area contributed by atoms with Gasteiger partial charge < -0.3 is 15.0 Å². The van der Waals surface area contributed by atoms with Gasteiger partial charge >= 0.3 is 6.18 Å². The zero-order chi connectivity index (χ0) is 21.6. The molecule has 1 N–H and O–H groups in total. The predicted molar refractivity (Wildman–Crippen MR) is 106 cm³/mol. The van der Waals surface area contributed by atoms with Gasteiger partial charge in [-0.3, -0.25) is 9.59 Å². The molecule has 0 spiro atoms. The average molecular weight is 408 g/mol. The van der Waals surface area contributed by atoms with Crippen LogP contribution in [0.25, 0.3) is 0 Å². The molecule has 0 heterocycles. The van der Waals surface area contributed by atoms with Gasteiger partial charge in [-0.05, 0) is 55.8 Å². The first kappa shape index (κ1) is 22.3. The summed E-state index contributed by atoms with van der Waals surface area (Å²) in [4.78, 5) is 25.0. The molecule has 0 saturated carbocycles. The fourth-order valence-corrected chi connectivity index (χ4v) is 2.62. The van der Waals surface area contributed by atoms with Crippen molar-refractivity contribution in [3.05, 3.63) is 53.6 Å². The SMILES string of the molecule is CC(=O)c1ccc(OCCCC(=O)Nc2cc(C(F)(F)F)ccc2N(C)C)cc1. The lowest BCUT2D eigenvalue weighted by molar-refractivity contribution is -0.137. The van der Waals surface area contributed by atoms with E-state index in [1.165, 1.54) is 13.0 Å². The monoisotopic (exact) mass is 408 g/mol. The minimum atomic E-state index is -4.49. The summed E-state index contributed by atoms with van der Waals surface area (Å²) in [6.45, 7) is 1.73. The number of hydrogen-bond donors (Lipinski definition) is 1. The number of carbonyl (C=O) groups excluding carboxylic acids is 2. The van der Waals surface area contributed by atoms with Gasteiger partial charge in [0.05, 0.1) is 23.5 Å². The first-order valence-electron chi connectivity index (χ1n) is 9.00. The molecule has 0 unspecified atom stereocenters. The quantitative estimate of drug-likeness (QED) is 0.505. The Morgan fingerprint density at radius 1 is 1.07 bits per heavy atom. The topological polar surface area (TPSA) is 58.6 Å². The molecule has 5 nitrogen and oxygen atoms in total. The summed E-state index contributed by atoms with van der Waals surface area (Å²) in [5.41, 5.74) is 0.342. The molecule has 0 aliphatic rings. The van der Waals surface area contributed by atoms with Crippen LogP contribution in [-0.4, -0.2) is 32.4 Å². The minimum absolute atomic E-state index is 0.0418. The zero-order valence-corrected chi connectivity index (χ0v) is 16.5. The molecule has 0 radical (unpaired) electrons. The molecule has 0 aromatic heterocycles. The Hall–Kier alpha value is -3.03. The molecule has 1 amide bonds.